The highest BCUT2D eigenvalue weighted by molar-refractivity contribution is 5.12. The second-order valence-corrected chi connectivity index (χ2v) is 4.36. The van der Waals surface area contributed by atoms with Crippen LogP contribution in [-0.2, 0) is 0 Å². The van der Waals surface area contributed by atoms with E-state index >= 15 is 0 Å². The van der Waals surface area contributed by atoms with Crippen LogP contribution in [0.15, 0.2) is 0 Å². The fraction of sp³-hybridized carbons (Fsp3) is 0.900. The van der Waals surface area contributed by atoms with E-state index in [2.05, 4.69) is 25.2 Å². The van der Waals surface area contributed by atoms with E-state index in [0.29, 0.717) is 11.8 Å². The summed E-state index contributed by atoms with van der Waals surface area (Å²) in [5.74, 6) is 1.22. The SMILES string of the molecule is CC(C)CNC(C)(C#N)C1CC1. The zero-order valence-corrected chi connectivity index (χ0v) is 8.22. The lowest BCUT2D eigenvalue weighted by molar-refractivity contribution is 0.372. The molecular weight excluding hydrogens is 148 g/mol. The van der Waals surface area contributed by atoms with Gasteiger partial charge in [-0.15, -0.1) is 0 Å². The first-order valence-corrected chi connectivity index (χ1v) is 4.75. The Labute approximate surface area is 75.0 Å². The summed E-state index contributed by atoms with van der Waals surface area (Å²) in [6.07, 6.45) is 2.43. The van der Waals surface area contributed by atoms with Crippen molar-refractivity contribution in [3.8, 4) is 6.07 Å². The van der Waals surface area contributed by atoms with Crippen LogP contribution in [0.25, 0.3) is 0 Å². The normalized spacial score (nSPS) is 21.9. The molecule has 0 heterocycles. The number of nitrogens with zero attached hydrogens (tertiary/aromatic N) is 1. The Morgan fingerprint density at radius 1 is 1.58 bits per heavy atom. The third-order valence-corrected chi connectivity index (χ3v) is 2.50. The van der Waals surface area contributed by atoms with Crippen molar-refractivity contribution in [1.82, 2.24) is 5.32 Å². The summed E-state index contributed by atoms with van der Waals surface area (Å²) in [5, 5.41) is 12.3. The number of nitriles is 1. The van der Waals surface area contributed by atoms with Crippen molar-refractivity contribution in [1.29, 1.82) is 5.26 Å². The van der Waals surface area contributed by atoms with Gasteiger partial charge in [0, 0.05) is 0 Å². The Balaban J connectivity index is 2.40. The first-order valence-electron chi connectivity index (χ1n) is 4.75. The Kier molecular flexibility index (Phi) is 2.74. The molecule has 0 spiro atoms. The van der Waals surface area contributed by atoms with E-state index in [9.17, 15) is 0 Å². The maximum Gasteiger partial charge on any atom is 0.106 e. The van der Waals surface area contributed by atoms with Crippen LogP contribution in [0.5, 0.6) is 0 Å². The molecule has 68 valence electrons. The molecule has 0 radical (unpaired) electrons. The van der Waals surface area contributed by atoms with Gasteiger partial charge >= 0.3 is 0 Å². The van der Waals surface area contributed by atoms with Crippen molar-refractivity contribution >= 4 is 0 Å². The van der Waals surface area contributed by atoms with Crippen LogP contribution in [0.1, 0.15) is 33.6 Å². The molecule has 1 fully saturated rings. The first kappa shape index (κ1) is 9.54. The summed E-state index contributed by atoms with van der Waals surface area (Å²) in [5.41, 5.74) is -0.260. The van der Waals surface area contributed by atoms with Gasteiger partial charge in [0.15, 0.2) is 0 Å². The fourth-order valence-corrected chi connectivity index (χ4v) is 1.35. The molecule has 0 saturated heterocycles. The molecule has 1 aliphatic carbocycles. The van der Waals surface area contributed by atoms with E-state index in [0.717, 1.165) is 6.54 Å². The molecule has 0 aromatic heterocycles. The van der Waals surface area contributed by atoms with Gasteiger partial charge in [-0.25, -0.2) is 0 Å². The van der Waals surface area contributed by atoms with E-state index in [1.54, 1.807) is 0 Å². The Morgan fingerprint density at radius 2 is 2.17 bits per heavy atom. The minimum Gasteiger partial charge on any atom is -0.299 e. The third kappa shape index (κ3) is 2.22. The molecule has 12 heavy (non-hydrogen) atoms. The summed E-state index contributed by atoms with van der Waals surface area (Å²) in [7, 11) is 0. The van der Waals surface area contributed by atoms with Gasteiger partial charge in [0.1, 0.15) is 5.54 Å². The largest absolute Gasteiger partial charge is 0.299 e. The minimum atomic E-state index is -0.260. The standard InChI is InChI=1S/C10H18N2/c1-8(2)6-12-10(3,7-11)9-4-5-9/h8-9,12H,4-6H2,1-3H3. The lowest BCUT2D eigenvalue weighted by Crippen LogP contribution is -2.44. The van der Waals surface area contributed by atoms with Crippen molar-refractivity contribution in [2.75, 3.05) is 6.54 Å². The topological polar surface area (TPSA) is 35.8 Å². The molecule has 1 N–H and O–H groups in total. The van der Waals surface area contributed by atoms with Crippen LogP contribution in [0.4, 0.5) is 0 Å². The van der Waals surface area contributed by atoms with Crippen LogP contribution in [0.2, 0.25) is 0 Å². The summed E-state index contributed by atoms with van der Waals surface area (Å²) >= 11 is 0. The molecule has 2 nitrogen and oxygen atoms in total. The lowest BCUT2D eigenvalue weighted by Gasteiger charge is -2.24. The Bertz CT molecular complexity index is 189. The summed E-state index contributed by atoms with van der Waals surface area (Å²) in [6.45, 7) is 7.29. The molecule has 0 aromatic carbocycles. The summed E-state index contributed by atoms with van der Waals surface area (Å²) in [6, 6.07) is 2.38. The van der Waals surface area contributed by atoms with Crippen LogP contribution in [0.3, 0.4) is 0 Å². The van der Waals surface area contributed by atoms with Crippen molar-refractivity contribution in [2.45, 2.75) is 39.2 Å². The van der Waals surface area contributed by atoms with E-state index in [4.69, 9.17) is 5.26 Å². The Morgan fingerprint density at radius 3 is 2.50 bits per heavy atom. The van der Waals surface area contributed by atoms with Crippen molar-refractivity contribution in [3.63, 3.8) is 0 Å². The highest BCUT2D eigenvalue weighted by Gasteiger charge is 2.41. The van der Waals surface area contributed by atoms with Gasteiger partial charge < -0.3 is 0 Å². The van der Waals surface area contributed by atoms with Gasteiger partial charge in [0.2, 0.25) is 0 Å². The second-order valence-electron chi connectivity index (χ2n) is 4.36. The van der Waals surface area contributed by atoms with E-state index in [-0.39, 0.29) is 5.54 Å². The molecule has 1 aliphatic rings. The summed E-state index contributed by atoms with van der Waals surface area (Å²) in [4.78, 5) is 0. The predicted octanol–water partition coefficient (Wildman–Crippen LogP) is 1.92. The number of nitrogens with one attached hydrogen (secondary N) is 1. The maximum absolute atomic E-state index is 9.00. The summed E-state index contributed by atoms with van der Waals surface area (Å²) < 4.78 is 0. The minimum absolute atomic E-state index is 0.260. The Hall–Kier alpha value is -0.550. The van der Waals surface area contributed by atoms with E-state index in [1.807, 2.05) is 6.92 Å². The lowest BCUT2D eigenvalue weighted by atomic mass is 9.97. The van der Waals surface area contributed by atoms with Crippen LogP contribution in [0, 0.1) is 23.2 Å². The molecule has 0 bridgehead atoms. The van der Waals surface area contributed by atoms with Gasteiger partial charge in [-0.05, 0) is 38.1 Å². The van der Waals surface area contributed by atoms with Gasteiger partial charge in [-0.2, -0.15) is 5.26 Å². The molecule has 0 amide bonds. The van der Waals surface area contributed by atoms with E-state index < -0.39 is 0 Å². The fourth-order valence-electron chi connectivity index (χ4n) is 1.35. The zero-order valence-electron chi connectivity index (χ0n) is 8.22. The van der Waals surface area contributed by atoms with Crippen LogP contribution < -0.4 is 5.32 Å². The molecule has 0 aliphatic heterocycles. The quantitative estimate of drug-likeness (QED) is 0.692. The highest BCUT2D eigenvalue weighted by Crippen LogP contribution is 2.39. The molecule has 1 saturated carbocycles. The number of hydrogen-bond acceptors (Lipinski definition) is 2. The average molecular weight is 166 g/mol. The highest BCUT2D eigenvalue weighted by atomic mass is 15.0. The smallest absolute Gasteiger partial charge is 0.106 e. The van der Waals surface area contributed by atoms with Gasteiger partial charge in [-0.3, -0.25) is 5.32 Å². The predicted molar refractivity (Wildman–Crippen MR) is 49.6 cm³/mol. The third-order valence-electron chi connectivity index (χ3n) is 2.50. The van der Waals surface area contributed by atoms with Crippen molar-refractivity contribution in [2.24, 2.45) is 11.8 Å². The molecule has 1 atom stereocenters. The zero-order chi connectivity index (χ0) is 9.19. The number of rotatable bonds is 4. The molecular formula is C10H18N2. The van der Waals surface area contributed by atoms with Crippen molar-refractivity contribution < 1.29 is 0 Å². The first-order chi connectivity index (χ1) is 5.58. The second kappa shape index (κ2) is 3.45. The average Bonchev–Trinajstić information content (AvgIpc) is 2.82. The van der Waals surface area contributed by atoms with Crippen LogP contribution in [-0.4, -0.2) is 12.1 Å². The van der Waals surface area contributed by atoms with Crippen molar-refractivity contribution in [3.05, 3.63) is 0 Å². The molecule has 2 heteroatoms. The molecule has 0 aromatic rings. The van der Waals surface area contributed by atoms with Gasteiger partial charge in [0.25, 0.3) is 0 Å². The van der Waals surface area contributed by atoms with Crippen LogP contribution >= 0.6 is 0 Å². The van der Waals surface area contributed by atoms with E-state index in [1.165, 1.54) is 12.8 Å². The number of hydrogen-bond donors (Lipinski definition) is 1. The monoisotopic (exact) mass is 166 g/mol. The van der Waals surface area contributed by atoms with Gasteiger partial charge in [0.05, 0.1) is 6.07 Å². The maximum atomic E-state index is 9.00. The molecule has 1 rings (SSSR count). The van der Waals surface area contributed by atoms with Gasteiger partial charge in [-0.1, -0.05) is 13.8 Å². The molecule has 1 unspecified atom stereocenters.